The van der Waals surface area contributed by atoms with Crippen molar-refractivity contribution < 1.29 is 23.2 Å². The lowest BCUT2D eigenvalue weighted by Crippen LogP contribution is -2.45. The second-order valence-corrected chi connectivity index (χ2v) is 6.23. The van der Waals surface area contributed by atoms with E-state index in [-0.39, 0.29) is 0 Å². The first kappa shape index (κ1) is 17.1. The Hall–Kier alpha value is -2.00. The quantitative estimate of drug-likeness (QED) is 0.578. The molecular formula is C12H16N2O6S. The molecule has 0 saturated heterocycles. The maximum atomic E-state index is 12.2. The standard InChI is InChI=1S/C12H16N2O6S/c1-3-8(2)11(12(15)16)13-21(19,20)10-7-5-4-6-9(10)14(17)18/h4-8,11,13H,3H2,1-2H3,(H,15,16)/t8-,11-/m1/s1. The van der Waals surface area contributed by atoms with Crippen molar-refractivity contribution in [3.05, 3.63) is 34.4 Å². The Morgan fingerprint density at radius 2 is 2.00 bits per heavy atom. The summed E-state index contributed by atoms with van der Waals surface area (Å²) in [6.07, 6.45) is 0.441. The molecule has 0 aromatic heterocycles. The van der Waals surface area contributed by atoms with Gasteiger partial charge < -0.3 is 5.11 Å². The molecule has 0 heterocycles. The summed E-state index contributed by atoms with van der Waals surface area (Å²) < 4.78 is 26.5. The SMILES string of the molecule is CC[C@@H](C)[C@@H](NS(=O)(=O)c1ccccc1[N+](=O)[O-])C(=O)O. The molecule has 0 bridgehead atoms. The summed E-state index contributed by atoms with van der Waals surface area (Å²) in [5.41, 5.74) is -0.599. The van der Waals surface area contributed by atoms with Gasteiger partial charge in [-0.1, -0.05) is 32.4 Å². The van der Waals surface area contributed by atoms with Crippen molar-refractivity contribution in [3.63, 3.8) is 0 Å². The van der Waals surface area contributed by atoms with Crippen LogP contribution in [0.1, 0.15) is 20.3 Å². The van der Waals surface area contributed by atoms with E-state index in [0.717, 1.165) is 12.1 Å². The smallest absolute Gasteiger partial charge is 0.322 e. The normalized spacial score (nSPS) is 14.4. The molecule has 0 aliphatic carbocycles. The highest BCUT2D eigenvalue weighted by Gasteiger charge is 2.32. The van der Waals surface area contributed by atoms with E-state index in [9.17, 15) is 23.3 Å². The number of hydrogen-bond donors (Lipinski definition) is 2. The molecule has 0 aliphatic rings. The van der Waals surface area contributed by atoms with Crippen LogP contribution >= 0.6 is 0 Å². The average Bonchev–Trinajstić information content (AvgIpc) is 2.43. The zero-order valence-electron chi connectivity index (χ0n) is 11.5. The Morgan fingerprint density at radius 1 is 1.43 bits per heavy atom. The van der Waals surface area contributed by atoms with E-state index >= 15 is 0 Å². The molecule has 9 heteroatoms. The summed E-state index contributed by atoms with van der Waals surface area (Å²) in [6.45, 7) is 3.31. The summed E-state index contributed by atoms with van der Waals surface area (Å²) in [5, 5.41) is 20.0. The fourth-order valence-corrected chi connectivity index (χ4v) is 3.18. The second-order valence-electron chi connectivity index (χ2n) is 4.55. The molecule has 1 aromatic rings. The number of rotatable bonds is 7. The number of carboxylic acids is 1. The molecule has 1 rings (SSSR count). The van der Waals surface area contributed by atoms with E-state index in [2.05, 4.69) is 0 Å². The van der Waals surface area contributed by atoms with E-state index in [0.29, 0.717) is 6.42 Å². The van der Waals surface area contributed by atoms with Gasteiger partial charge in [0.1, 0.15) is 6.04 Å². The van der Waals surface area contributed by atoms with E-state index in [1.165, 1.54) is 12.1 Å². The third-order valence-electron chi connectivity index (χ3n) is 3.11. The molecule has 0 fully saturated rings. The van der Waals surface area contributed by atoms with Crippen LogP contribution in [0.4, 0.5) is 5.69 Å². The molecular weight excluding hydrogens is 300 g/mol. The minimum Gasteiger partial charge on any atom is -0.480 e. The van der Waals surface area contributed by atoms with Crippen LogP contribution in [0.15, 0.2) is 29.2 Å². The first-order chi connectivity index (χ1) is 9.70. The number of para-hydroxylation sites is 1. The van der Waals surface area contributed by atoms with Gasteiger partial charge in [0, 0.05) is 6.07 Å². The summed E-state index contributed by atoms with van der Waals surface area (Å²) in [5.74, 6) is -1.79. The average molecular weight is 316 g/mol. The third-order valence-corrected chi connectivity index (χ3v) is 4.60. The minimum atomic E-state index is -4.31. The molecule has 0 spiro atoms. The summed E-state index contributed by atoms with van der Waals surface area (Å²) >= 11 is 0. The maximum Gasteiger partial charge on any atom is 0.322 e. The molecule has 2 N–H and O–H groups in total. The van der Waals surface area contributed by atoms with Gasteiger partial charge in [-0.15, -0.1) is 0 Å². The van der Waals surface area contributed by atoms with E-state index in [1.54, 1.807) is 13.8 Å². The van der Waals surface area contributed by atoms with Crippen molar-refractivity contribution in [1.82, 2.24) is 4.72 Å². The molecule has 8 nitrogen and oxygen atoms in total. The van der Waals surface area contributed by atoms with Gasteiger partial charge in [0.15, 0.2) is 4.90 Å². The highest BCUT2D eigenvalue weighted by molar-refractivity contribution is 7.89. The van der Waals surface area contributed by atoms with Crippen LogP contribution in [0, 0.1) is 16.0 Å². The Labute approximate surface area is 122 Å². The molecule has 116 valence electrons. The Bertz CT molecular complexity index is 643. The highest BCUT2D eigenvalue weighted by atomic mass is 32.2. The molecule has 0 aliphatic heterocycles. The number of hydrogen-bond acceptors (Lipinski definition) is 5. The van der Waals surface area contributed by atoms with Crippen LogP contribution < -0.4 is 4.72 Å². The molecule has 2 atom stereocenters. The number of sulfonamides is 1. The van der Waals surface area contributed by atoms with Crippen molar-refractivity contribution >= 4 is 21.7 Å². The van der Waals surface area contributed by atoms with Gasteiger partial charge in [-0.25, -0.2) is 8.42 Å². The molecule has 0 unspecified atom stereocenters. The highest BCUT2D eigenvalue weighted by Crippen LogP contribution is 2.23. The number of nitro benzene ring substituents is 1. The lowest BCUT2D eigenvalue weighted by Gasteiger charge is -2.19. The van der Waals surface area contributed by atoms with E-state index in [4.69, 9.17) is 5.11 Å². The second kappa shape index (κ2) is 6.64. The van der Waals surface area contributed by atoms with Crippen LogP contribution in [0.5, 0.6) is 0 Å². The van der Waals surface area contributed by atoms with Gasteiger partial charge in [-0.2, -0.15) is 4.72 Å². The van der Waals surface area contributed by atoms with Gasteiger partial charge in [0.25, 0.3) is 5.69 Å². The zero-order valence-corrected chi connectivity index (χ0v) is 12.3. The van der Waals surface area contributed by atoms with Gasteiger partial charge in [-0.05, 0) is 12.0 Å². The van der Waals surface area contributed by atoms with E-state index < -0.39 is 43.5 Å². The summed E-state index contributed by atoms with van der Waals surface area (Å²) in [6, 6.07) is 3.44. The maximum absolute atomic E-state index is 12.2. The lowest BCUT2D eigenvalue weighted by molar-refractivity contribution is -0.387. The van der Waals surface area contributed by atoms with Crippen LogP contribution in [0.2, 0.25) is 0 Å². The zero-order chi connectivity index (χ0) is 16.2. The largest absolute Gasteiger partial charge is 0.480 e. The van der Waals surface area contributed by atoms with Gasteiger partial charge >= 0.3 is 5.97 Å². The Balaban J connectivity index is 3.23. The number of nitrogens with zero attached hydrogens (tertiary/aromatic N) is 1. The molecule has 0 radical (unpaired) electrons. The number of benzene rings is 1. The lowest BCUT2D eigenvalue weighted by atomic mass is 10.0. The van der Waals surface area contributed by atoms with Gasteiger partial charge in [-0.3, -0.25) is 14.9 Å². The van der Waals surface area contributed by atoms with Gasteiger partial charge in [0.05, 0.1) is 4.92 Å². The van der Waals surface area contributed by atoms with Gasteiger partial charge in [0.2, 0.25) is 10.0 Å². The van der Waals surface area contributed by atoms with Crippen molar-refractivity contribution in [2.45, 2.75) is 31.2 Å². The third kappa shape index (κ3) is 3.99. The van der Waals surface area contributed by atoms with Crippen LogP contribution in [0.3, 0.4) is 0 Å². The monoisotopic (exact) mass is 316 g/mol. The van der Waals surface area contributed by atoms with Crippen LogP contribution in [0.25, 0.3) is 0 Å². The van der Waals surface area contributed by atoms with Crippen LogP contribution in [-0.2, 0) is 14.8 Å². The molecule has 0 saturated carbocycles. The number of nitro groups is 1. The fraction of sp³-hybridized carbons (Fsp3) is 0.417. The summed E-state index contributed by atoms with van der Waals surface area (Å²) in [4.78, 5) is 20.7. The number of nitrogens with one attached hydrogen (secondary N) is 1. The first-order valence-corrected chi connectivity index (χ1v) is 7.67. The van der Waals surface area contributed by atoms with Crippen molar-refractivity contribution in [3.8, 4) is 0 Å². The Morgan fingerprint density at radius 3 is 2.48 bits per heavy atom. The van der Waals surface area contributed by atoms with E-state index in [1.807, 2.05) is 4.72 Å². The molecule has 1 aromatic carbocycles. The van der Waals surface area contributed by atoms with Crippen molar-refractivity contribution in [1.29, 1.82) is 0 Å². The fourth-order valence-electron chi connectivity index (χ4n) is 1.71. The predicted octanol–water partition coefficient (Wildman–Crippen LogP) is 1.37. The van der Waals surface area contributed by atoms with Crippen molar-refractivity contribution in [2.24, 2.45) is 5.92 Å². The Kier molecular flexibility index (Phi) is 5.39. The van der Waals surface area contributed by atoms with Crippen LogP contribution in [-0.4, -0.2) is 30.5 Å². The summed E-state index contributed by atoms with van der Waals surface area (Å²) in [7, 11) is -4.31. The number of carboxylic acid groups (broad SMARTS) is 1. The topological polar surface area (TPSA) is 127 Å². The number of carbonyl (C=O) groups is 1. The minimum absolute atomic E-state index is 0.441. The molecule has 21 heavy (non-hydrogen) atoms. The van der Waals surface area contributed by atoms with Crippen molar-refractivity contribution in [2.75, 3.05) is 0 Å². The number of aliphatic carboxylic acids is 1. The first-order valence-electron chi connectivity index (χ1n) is 6.19. The molecule has 0 amide bonds. The predicted molar refractivity (Wildman–Crippen MR) is 74.3 cm³/mol.